The van der Waals surface area contributed by atoms with E-state index in [0.29, 0.717) is 39.0 Å². The highest BCUT2D eigenvalue weighted by Gasteiger charge is 2.32. The van der Waals surface area contributed by atoms with Crippen LogP contribution in [0, 0.1) is 5.92 Å². The molecular weight excluding hydrogens is 232 g/mol. The lowest BCUT2D eigenvalue weighted by Crippen LogP contribution is -2.48. The topological polar surface area (TPSA) is 75.8 Å². The lowest BCUT2D eigenvalue weighted by Gasteiger charge is -2.35. The van der Waals surface area contributed by atoms with Crippen LogP contribution in [0.5, 0.6) is 0 Å². The highest BCUT2D eigenvalue weighted by atomic mass is 16.5. The van der Waals surface area contributed by atoms with E-state index in [1.807, 2.05) is 13.8 Å². The fraction of sp³-hybridized carbons (Fsp3) is 0.923. The highest BCUT2D eigenvalue weighted by Crippen LogP contribution is 2.21. The molecule has 0 aromatic heterocycles. The summed E-state index contributed by atoms with van der Waals surface area (Å²) in [5.74, 6) is 0.282. The lowest BCUT2D eigenvalue weighted by atomic mass is 9.93. The third-order valence-corrected chi connectivity index (χ3v) is 3.65. The van der Waals surface area contributed by atoms with Crippen molar-refractivity contribution in [1.29, 1.82) is 0 Å². The van der Waals surface area contributed by atoms with Crippen molar-refractivity contribution in [2.75, 3.05) is 26.8 Å². The number of nitrogens with two attached hydrogens (primary N) is 1. The summed E-state index contributed by atoms with van der Waals surface area (Å²) in [5.41, 5.74) is 5.09. The third kappa shape index (κ3) is 4.55. The second kappa shape index (κ2) is 6.50. The maximum Gasteiger partial charge on any atom is 0.223 e. The molecule has 0 aromatic carbocycles. The molecule has 0 saturated carbocycles. The highest BCUT2D eigenvalue weighted by molar-refractivity contribution is 5.76. The number of nitrogens with zero attached hydrogens (tertiary/aromatic N) is 1. The van der Waals surface area contributed by atoms with Gasteiger partial charge >= 0.3 is 0 Å². The Hall–Kier alpha value is -0.650. The number of rotatable bonds is 5. The van der Waals surface area contributed by atoms with Crippen molar-refractivity contribution >= 4 is 5.91 Å². The fourth-order valence-corrected chi connectivity index (χ4v) is 2.03. The van der Waals surface area contributed by atoms with Crippen molar-refractivity contribution in [2.45, 2.75) is 44.8 Å². The van der Waals surface area contributed by atoms with Gasteiger partial charge in [0.05, 0.1) is 5.60 Å². The summed E-state index contributed by atoms with van der Waals surface area (Å²) in [6.07, 6.45) is 1.50. The van der Waals surface area contributed by atoms with E-state index in [1.54, 1.807) is 11.9 Å². The zero-order valence-electron chi connectivity index (χ0n) is 11.7. The van der Waals surface area contributed by atoms with E-state index >= 15 is 0 Å². The van der Waals surface area contributed by atoms with Crippen molar-refractivity contribution in [1.82, 2.24) is 4.90 Å². The Morgan fingerprint density at radius 2 is 2.00 bits per heavy atom. The van der Waals surface area contributed by atoms with Crippen LogP contribution in [0.25, 0.3) is 0 Å². The Balaban J connectivity index is 2.43. The molecule has 0 spiro atoms. The Morgan fingerprint density at radius 1 is 1.44 bits per heavy atom. The summed E-state index contributed by atoms with van der Waals surface area (Å²) in [7, 11) is 1.73. The molecular formula is C13H26N2O3. The van der Waals surface area contributed by atoms with Crippen LogP contribution in [0.3, 0.4) is 0 Å². The van der Waals surface area contributed by atoms with Crippen LogP contribution in [-0.4, -0.2) is 54.4 Å². The number of ether oxygens (including phenoxy) is 1. The minimum atomic E-state index is -0.801. The first-order valence-electron chi connectivity index (χ1n) is 6.64. The zero-order chi connectivity index (χ0) is 13.8. The Labute approximate surface area is 109 Å². The Bertz CT molecular complexity index is 275. The maximum absolute atomic E-state index is 12.0. The van der Waals surface area contributed by atoms with Gasteiger partial charge in [0.2, 0.25) is 5.91 Å². The molecule has 1 heterocycles. The normalized spacial score (nSPS) is 20.8. The molecule has 1 atom stereocenters. The van der Waals surface area contributed by atoms with E-state index in [9.17, 15) is 9.90 Å². The molecule has 0 radical (unpaired) electrons. The number of hydrogen-bond donors (Lipinski definition) is 2. The molecule has 1 aliphatic heterocycles. The predicted octanol–water partition coefficient (Wildman–Crippen LogP) is 0.360. The van der Waals surface area contributed by atoms with Crippen molar-refractivity contribution in [3.63, 3.8) is 0 Å². The van der Waals surface area contributed by atoms with Crippen LogP contribution >= 0.6 is 0 Å². The van der Waals surface area contributed by atoms with Crippen molar-refractivity contribution in [3.8, 4) is 0 Å². The number of aliphatic hydroxyl groups is 1. The van der Waals surface area contributed by atoms with Crippen LogP contribution in [0.1, 0.15) is 33.1 Å². The fourth-order valence-electron chi connectivity index (χ4n) is 2.03. The average molecular weight is 258 g/mol. The van der Waals surface area contributed by atoms with Gasteiger partial charge in [-0.15, -0.1) is 0 Å². The molecule has 1 rings (SSSR count). The summed E-state index contributed by atoms with van der Waals surface area (Å²) in [5, 5.41) is 10.3. The number of carbonyl (C=O) groups is 1. The van der Waals surface area contributed by atoms with Gasteiger partial charge in [-0.25, -0.2) is 0 Å². The van der Waals surface area contributed by atoms with E-state index < -0.39 is 5.60 Å². The van der Waals surface area contributed by atoms with Gasteiger partial charge in [-0.1, -0.05) is 13.8 Å². The van der Waals surface area contributed by atoms with Crippen LogP contribution in [-0.2, 0) is 9.53 Å². The van der Waals surface area contributed by atoms with Crippen molar-refractivity contribution in [3.05, 3.63) is 0 Å². The second-order valence-corrected chi connectivity index (χ2v) is 5.70. The SMILES string of the molecule is CC(C)C(N)CC(=O)N(C)CC1(O)CCOCC1. The van der Waals surface area contributed by atoms with Gasteiger partial charge in [-0.05, 0) is 5.92 Å². The molecule has 18 heavy (non-hydrogen) atoms. The van der Waals surface area contributed by atoms with Crippen molar-refractivity contribution < 1.29 is 14.6 Å². The largest absolute Gasteiger partial charge is 0.388 e. The van der Waals surface area contributed by atoms with Gasteiger partial charge in [0, 0.05) is 52.1 Å². The average Bonchev–Trinajstić information content (AvgIpc) is 2.28. The van der Waals surface area contributed by atoms with Crippen LogP contribution in [0.2, 0.25) is 0 Å². The van der Waals surface area contributed by atoms with Gasteiger partial charge in [0.1, 0.15) is 0 Å². The van der Waals surface area contributed by atoms with E-state index in [4.69, 9.17) is 10.5 Å². The number of likely N-dealkylation sites (N-methyl/N-ethyl adjacent to an activating group) is 1. The molecule has 1 saturated heterocycles. The third-order valence-electron chi connectivity index (χ3n) is 3.65. The van der Waals surface area contributed by atoms with E-state index in [2.05, 4.69) is 0 Å². The molecule has 0 aliphatic carbocycles. The molecule has 0 bridgehead atoms. The van der Waals surface area contributed by atoms with Gasteiger partial charge in [-0.3, -0.25) is 4.79 Å². The first-order valence-corrected chi connectivity index (χ1v) is 6.64. The molecule has 1 unspecified atom stereocenters. The minimum Gasteiger partial charge on any atom is -0.388 e. The second-order valence-electron chi connectivity index (χ2n) is 5.70. The summed E-state index contributed by atoms with van der Waals surface area (Å²) < 4.78 is 5.22. The molecule has 1 aliphatic rings. The minimum absolute atomic E-state index is 0.00360. The molecule has 1 fully saturated rings. The van der Waals surface area contributed by atoms with Crippen molar-refractivity contribution in [2.24, 2.45) is 11.7 Å². The van der Waals surface area contributed by atoms with Gasteiger partial charge in [0.15, 0.2) is 0 Å². The molecule has 0 aromatic rings. The number of hydrogen-bond acceptors (Lipinski definition) is 4. The molecule has 5 nitrogen and oxygen atoms in total. The van der Waals surface area contributed by atoms with Gasteiger partial charge in [-0.2, -0.15) is 0 Å². The number of amides is 1. The van der Waals surface area contributed by atoms with E-state index in [1.165, 1.54) is 0 Å². The Morgan fingerprint density at radius 3 is 2.50 bits per heavy atom. The monoisotopic (exact) mass is 258 g/mol. The molecule has 106 valence electrons. The molecule has 5 heteroatoms. The van der Waals surface area contributed by atoms with Crippen LogP contribution in [0.4, 0.5) is 0 Å². The smallest absolute Gasteiger partial charge is 0.223 e. The van der Waals surface area contributed by atoms with Gasteiger partial charge in [0.25, 0.3) is 0 Å². The van der Waals surface area contributed by atoms with E-state index in [0.717, 1.165) is 0 Å². The number of carbonyl (C=O) groups excluding carboxylic acids is 1. The lowest BCUT2D eigenvalue weighted by molar-refractivity contribution is -0.137. The van der Waals surface area contributed by atoms with Gasteiger partial charge < -0.3 is 20.5 Å². The molecule has 3 N–H and O–H groups in total. The quantitative estimate of drug-likeness (QED) is 0.746. The Kier molecular flexibility index (Phi) is 5.56. The standard InChI is InChI=1S/C13H26N2O3/c1-10(2)11(14)8-12(16)15(3)9-13(17)4-6-18-7-5-13/h10-11,17H,4-9,14H2,1-3H3. The summed E-state index contributed by atoms with van der Waals surface area (Å²) in [6.45, 7) is 5.49. The first-order chi connectivity index (χ1) is 8.34. The van der Waals surface area contributed by atoms with E-state index in [-0.39, 0.29) is 17.9 Å². The summed E-state index contributed by atoms with van der Waals surface area (Å²) in [4.78, 5) is 13.6. The first kappa shape index (κ1) is 15.4. The predicted molar refractivity (Wildman–Crippen MR) is 70.1 cm³/mol. The zero-order valence-corrected chi connectivity index (χ0v) is 11.7. The maximum atomic E-state index is 12.0. The summed E-state index contributed by atoms with van der Waals surface area (Å²) >= 11 is 0. The molecule has 1 amide bonds. The van der Waals surface area contributed by atoms with Crippen LogP contribution < -0.4 is 5.73 Å². The summed E-state index contributed by atoms with van der Waals surface area (Å²) in [6, 6.07) is -0.121. The van der Waals surface area contributed by atoms with Crippen LogP contribution in [0.15, 0.2) is 0 Å².